The van der Waals surface area contributed by atoms with Crippen LogP contribution in [0.1, 0.15) is 45.5 Å². The summed E-state index contributed by atoms with van der Waals surface area (Å²) in [5.74, 6) is -2.46. The van der Waals surface area contributed by atoms with Crippen molar-refractivity contribution in [1.29, 1.82) is 0 Å². The van der Waals surface area contributed by atoms with Gasteiger partial charge in [-0.1, -0.05) is 18.2 Å². The Labute approximate surface area is 228 Å². The van der Waals surface area contributed by atoms with E-state index in [2.05, 4.69) is 15.9 Å². The van der Waals surface area contributed by atoms with Crippen molar-refractivity contribution in [2.45, 2.75) is 43.4 Å². The Morgan fingerprint density at radius 1 is 0.821 bits per heavy atom. The maximum atomic E-state index is 12.7. The predicted octanol–water partition coefficient (Wildman–Crippen LogP) is 2.78. The molecule has 0 unspecified atom stereocenters. The third-order valence-corrected chi connectivity index (χ3v) is 8.60. The lowest BCUT2D eigenvalue weighted by atomic mass is 9.97. The van der Waals surface area contributed by atoms with Crippen molar-refractivity contribution >= 4 is 33.2 Å². The minimum atomic E-state index is -3.24. The Morgan fingerprint density at radius 3 is 1.79 bits per heavy atom. The first-order valence-corrected chi connectivity index (χ1v) is 15.0. The van der Waals surface area contributed by atoms with Crippen molar-refractivity contribution in [3.05, 3.63) is 70.3 Å². The van der Waals surface area contributed by atoms with Gasteiger partial charge in [-0.25, -0.2) is 18.0 Å². The molecule has 10 heteroatoms. The van der Waals surface area contributed by atoms with Gasteiger partial charge in [-0.3, -0.25) is 9.69 Å². The molecule has 2 aromatic rings. The molecule has 0 spiro atoms. The quantitative estimate of drug-likeness (QED) is 0.392. The van der Waals surface area contributed by atoms with Gasteiger partial charge in [0.1, 0.15) is 0 Å². The molecular weight excluding hydrogens is 520 g/mol. The lowest BCUT2D eigenvalue weighted by Crippen LogP contribution is -2.48. The van der Waals surface area contributed by atoms with E-state index in [1.165, 1.54) is 62.6 Å². The Kier molecular flexibility index (Phi) is 8.87. The van der Waals surface area contributed by atoms with Crippen LogP contribution < -0.4 is 4.90 Å². The summed E-state index contributed by atoms with van der Waals surface area (Å²) in [6, 6.07) is 8.79. The summed E-state index contributed by atoms with van der Waals surface area (Å²) in [6.45, 7) is 4.07. The second-order valence-electron chi connectivity index (χ2n) is 10.2. The van der Waals surface area contributed by atoms with Crippen molar-refractivity contribution in [2.24, 2.45) is 0 Å². The first-order chi connectivity index (χ1) is 18.5. The predicted molar refractivity (Wildman–Crippen MR) is 147 cm³/mol. The van der Waals surface area contributed by atoms with Gasteiger partial charge in [0.2, 0.25) is 0 Å². The largest absolute Gasteiger partial charge is 0.478 e. The number of piperazine rings is 1. The normalized spacial score (nSPS) is 16.9. The van der Waals surface area contributed by atoms with E-state index in [9.17, 15) is 22.8 Å². The van der Waals surface area contributed by atoms with Crippen LogP contribution in [-0.4, -0.2) is 80.2 Å². The number of benzene rings is 2. The van der Waals surface area contributed by atoms with E-state index in [0.29, 0.717) is 24.3 Å². The van der Waals surface area contributed by atoms with Crippen molar-refractivity contribution < 1.29 is 33.0 Å². The molecular formula is C29H34N2O7S. The van der Waals surface area contributed by atoms with E-state index in [-0.39, 0.29) is 10.7 Å². The number of Topliss-reactive ketones (excluding diaryl/α,β-unsaturated/α-hetero) is 1. The lowest BCUT2D eigenvalue weighted by molar-refractivity contribution is -0.134. The molecule has 1 heterocycles. The number of carbonyl (C=O) groups excluding carboxylic acids is 1. The number of carboxylic acids is 2. The molecule has 0 amide bonds. The Bertz CT molecular complexity index is 1340. The van der Waals surface area contributed by atoms with E-state index in [1.807, 2.05) is 0 Å². The number of fused-ring (bicyclic) bond motifs is 2. The number of sulfone groups is 1. The second-order valence-corrected chi connectivity index (χ2v) is 12.2. The van der Waals surface area contributed by atoms with E-state index in [0.717, 1.165) is 26.2 Å². The van der Waals surface area contributed by atoms with E-state index >= 15 is 0 Å². The summed E-state index contributed by atoms with van der Waals surface area (Å²) in [7, 11) is -3.24. The smallest absolute Gasteiger partial charge is 0.328 e. The van der Waals surface area contributed by atoms with Crippen LogP contribution in [0.2, 0.25) is 0 Å². The second kappa shape index (κ2) is 12.1. The van der Waals surface area contributed by atoms with Crippen LogP contribution >= 0.6 is 0 Å². The highest BCUT2D eigenvalue weighted by Gasteiger charge is 2.29. The molecule has 1 fully saturated rings. The minimum absolute atomic E-state index is 0.0509. The molecule has 0 aromatic heterocycles. The number of hydrogen-bond donors (Lipinski definition) is 2. The number of aliphatic carboxylic acids is 2. The van der Waals surface area contributed by atoms with Gasteiger partial charge in [0.15, 0.2) is 15.6 Å². The van der Waals surface area contributed by atoms with Crippen molar-refractivity contribution in [3.63, 3.8) is 0 Å². The van der Waals surface area contributed by atoms with Crippen molar-refractivity contribution in [1.82, 2.24) is 4.90 Å². The molecule has 3 aliphatic rings. The number of aryl methyl sites for hydroxylation is 2. The summed E-state index contributed by atoms with van der Waals surface area (Å²) in [5, 5.41) is 15.6. The molecule has 0 bridgehead atoms. The molecule has 1 saturated heterocycles. The zero-order chi connectivity index (χ0) is 28.2. The monoisotopic (exact) mass is 554 g/mol. The average molecular weight is 555 g/mol. The highest BCUT2D eigenvalue weighted by molar-refractivity contribution is 7.90. The highest BCUT2D eigenvalue weighted by atomic mass is 32.2. The van der Waals surface area contributed by atoms with Crippen LogP contribution in [0, 0.1) is 0 Å². The third-order valence-electron chi connectivity index (χ3n) is 7.47. The van der Waals surface area contributed by atoms with E-state index in [1.54, 1.807) is 34.4 Å². The molecule has 0 radical (unpaired) electrons. The van der Waals surface area contributed by atoms with Crippen LogP contribution in [0.3, 0.4) is 0 Å². The fourth-order valence-corrected chi connectivity index (χ4v) is 6.25. The van der Waals surface area contributed by atoms with E-state index in [4.69, 9.17) is 10.2 Å². The fraction of sp³-hybridized carbons (Fsp3) is 0.414. The average Bonchev–Trinajstić information content (AvgIpc) is 3.56. The van der Waals surface area contributed by atoms with Crippen LogP contribution in [0.5, 0.6) is 0 Å². The molecule has 0 saturated carbocycles. The highest BCUT2D eigenvalue weighted by Crippen LogP contribution is 2.40. The number of hydrogen-bond acceptors (Lipinski definition) is 7. The Morgan fingerprint density at radius 2 is 1.33 bits per heavy atom. The van der Waals surface area contributed by atoms with Gasteiger partial charge >= 0.3 is 11.9 Å². The summed E-state index contributed by atoms with van der Waals surface area (Å²) in [4.78, 5) is 36.9. The van der Waals surface area contributed by atoms with Gasteiger partial charge in [0.05, 0.1) is 11.4 Å². The molecule has 0 atom stereocenters. The molecule has 39 heavy (non-hydrogen) atoms. The molecule has 9 nitrogen and oxygen atoms in total. The fourth-order valence-electron chi connectivity index (χ4n) is 5.62. The molecule has 5 rings (SSSR count). The van der Waals surface area contributed by atoms with Gasteiger partial charge in [-0.15, -0.1) is 0 Å². The molecule has 1 aliphatic heterocycles. The lowest BCUT2D eigenvalue weighted by Gasteiger charge is -2.38. The standard InChI is InChI=1S/C25H30N2O3S.C4H4O4/c1-31(29,30)21-10-8-18(9-11-21)24(28)17-26-12-14-27(15-13-26)25-22-6-2-4-19(22)16-20-5-3-7-23(20)25;5-3(6)1-2-4(7)8/h8-11,16H,2-7,12-15,17H2,1H3;1-2H,(H,5,6)(H,7,8)/b;2-1+. The van der Waals surface area contributed by atoms with Crippen LogP contribution in [-0.2, 0) is 45.1 Å². The van der Waals surface area contributed by atoms with Gasteiger partial charge in [0.25, 0.3) is 0 Å². The minimum Gasteiger partial charge on any atom is -0.478 e. The van der Waals surface area contributed by atoms with Crippen LogP contribution in [0.25, 0.3) is 0 Å². The number of anilines is 1. The number of ketones is 1. The maximum absolute atomic E-state index is 12.7. The van der Waals surface area contributed by atoms with Crippen molar-refractivity contribution in [3.8, 4) is 0 Å². The number of carboxylic acid groups (broad SMARTS) is 2. The first kappa shape index (κ1) is 28.5. The van der Waals surface area contributed by atoms with E-state index < -0.39 is 21.8 Å². The summed E-state index contributed by atoms with van der Waals surface area (Å²) < 4.78 is 23.2. The first-order valence-electron chi connectivity index (χ1n) is 13.1. The summed E-state index contributed by atoms with van der Waals surface area (Å²) >= 11 is 0. The van der Waals surface area contributed by atoms with Crippen LogP contribution in [0.4, 0.5) is 5.69 Å². The van der Waals surface area contributed by atoms with Gasteiger partial charge in [0, 0.05) is 55.8 Å². The Balaban J connectivity index is 0.000000386. The summed E-state index contributed by atoms with van der Waals surface area (Å²) in [6.07, 6.45) is 9.71. The summed E-state index contributed by atoms with van der Waals surface area (Å²) in [5.41, 5.74) is 8.45. The zero-order valence-electron chi connectivity index (χ0n) is 22.1. The number of rotatable bonds is 7. The topological polar surface area (TPSA) is 132 Å². The van der Waals surface area contributed by atoms with Gasteiger partial charge < -0.3 is 15.1 Å². The number of carbonyl (C=O) groups is 3. The van der Waals surface area contributed by atoms with Gasteiger partial charge in [-0.2, -0.15) is 0 Å². The number of nitrogens with zero attached hydrogens (tertiary/aromatic N) is 2. The SMILES string of the molecule is CS(=O)(=O)c1ccc(C(=O)CN2CCN(c3c4c(cc5c3CCC5)CCC4)CC2)cc1.O=C(O)/C=C/C(=O)O. The third kappa shape index (κ3) is 7.13. The zero-order valence-corrected chi connectivity index (χ0v) is 22.9. The molecule has 2 aromatic carbocycles. The van der Waals surface area contributed by atoms with Gasteiger partial charge in [-0.05, 0) is 72.9 Å². The molecule has 2 N–H and O–H groups in total. The van der Waals surface area contributed by atoms with Crippen molar-refractivity contribution in [2.75, 3.05) is 43.9 Å². The van der Waals surface area contributed by atoms with Crippen LogP contribution in [0.15, 0.2) is 47.4 Å². The molecule has 208 valence electrons. The molecule has 2 aliphatic carbocycles. The maximum Gasteiger partial charge on any atom is 0.328 e. The Hall–Kier alpha value is -3.50.